The van der Waals surface area contributed by atoms with Crippen molar-refractivity contribution in [3.8, 4) is 0 Å². The Kier molecular flexibility index (Phi) is 4.44. The van der Waals surface area contributed by atoms with Crippen molar-refractivity contribution < 1.29 is 9.15 Å². The van der Waals surface area contributed by atoms with E-state index in [1.165, 1.54) is 0 Å². The molecule has 1 aliphatic heterocycles. The van der Waals surface area contributed by atoms with Crippen LogP contribution < -0.4 is 11.1 Å². The molecule has 1 aromatic rings. The Balaban J connectivity index is 1.62. The van der Waals surface area contributed by atoms with Crippen LogP contribution >= 0.6 is 0 Å². The minimum Gasteiger partial charge on any atom is -0.469 e. The fourth-order valence-corrected chi connectivity index (χ4v) is 1.81. The standard InChI is InChI=1S/C12H19N3O2/c13-12(15-9-11-4-2-8-17-11)14-6-5-10-3-1-7-16-10/h1,3,7,11H,2,4-6,8-9H2,(H3,13,14,15). The van der Waals surface area contributed by atoms with Gasteiger partial charge in [-0.3, -0.25) is 4.99 Å². The van der Waals surface area contributed by atoms with Gasteiger partial charge in [-0.05, 0) is 25.0 Å². The maximum atomic E-state index is 5.74. The zero-order valence-electron chi connectivity index (χ0n) is 9.89. The Hall–Kier alpha value is -1.49. The van der Waals surface area contributed by atoms with E-state index in [4.69, 9.17) is 14.9 Å². The molecule has 1 aromatic heterocycles. The number of guanidine groups is 1. The molecule has 0 spiro atoms. The third-order valence-corrected chi connectivity index (χ3v) is 2.75. The van der Waals surface area contributed by atoms with E-state index >= 15 is 0 Å². The summed E-state index contributed by atoms with van der Waals surface area (Å²) in [5.41, 5.74) is 5.74. The van der Waals surface area contributed by atoms with Gasteiger partial charge in [0.1, 0.15) is 5.76 Å². The lowest BCUT2D eigenvalue weighted by molar-refractivity contribution is 0.118. The largest absolute Gasteiger partial charge is 0.469 e. The minimum atomic E-state index is 0.250. The normalized spacial score (nSPS) is 20.7. The molecule has 94 valence electrons. The van der Waals surface area contributed by atoms with Gasteiger partial charge in [0.05, 0.1) is 18.9 Å². The van der Waals surface area contributed by atoms with E-state index < -0.39 is 0 Å². The van der Waals surface area contributed by atoms with E-state index in [0.717, 1.165) is 38.2 Å². The summed E-state index contributed by atoms with van der Waals surface area (Å²) in [5, 5.41) is 3.06. The van der Waals surface area contributed by atoms with E-state index in [1.807, 2.05) is 12.1 Å². The van der Waals surface area contributed by atoms with Gasteiger partial charge >= 0.3 is 0 Å². The van der Waals surface area contributed by atoms with E-state index in [2.05, 4.69) is 10.3 Å². The quantitative estimate of drug-likeness (QED) is 0.589. The lowest BCUT2D eigenvalue weighted by Crippen LogP contribution is -2.34. The van der Waals surface area contributed by atoms with E-state index in [0.29, 0.717) is 12.5 Å². The van der Waals surface area contributed by atoms with Crippen molar-refractivity contribution in [1.82, 2.24) is 5.32 Å². The summed E-state index contributed by atoms with van der Waals surface area (Å²) < 4.78 is 10.7. The number of aliphatic imine (C=N–C) groups is 1. The topological polar surface area (TPSA) is 72.8 Å². The molecular weight excluding hydrogens is 218 g/mol. The van der Waals surface area contributed by atoms with Crippen LogP contribution in [0.5, 0.6) is 0 Å². The molecule has 0 aliphatic carbocycles. The molecule has 0 bridgehead atoms. The van der Waals surface area contributed by atoms with Crippen LogP contribution in [0.15, 0.2) is 27.8 Å². The first-order valence-corrected chi connectivity index (χ1v) is 6.02. The molecule has 2 heterocycles. The Morgan fingerprint density at radius 2 is 2.53 bits per heavy atom. The van der Waals surface area contributed by atoms with Crippen molar-refractivity contribution in [2.24, 2.45) is 10.7 Å². The third kappa shape index (κ3) is 4.11. The number of ether oxygens (including phenoxy) is 1. The van der Waals surface area contributed by atoms with Gasteiger partial charge in [-0.25, -0.2) is 0 Å². The molecular formula is C12H19N3O2. The first kappa shape index (κ1) is 12.0. The van der Waals surface area contributed by atoms with Crippen LogP contribution in [0.1, 0.15) is 18.6 Å². The van der Waals surface area contributed by atoms with Crippen molar-refractivity contribution in [3.63, 3.8) is 0 Å². The molecule has 1 fully saturated rings. The summed E-state index contributed by atoms with van der Waals surface area (Å²) in [6.07, 6.45) is 4.95. The van der Waals surface area contributed by atoms with Gasteiger partial charge in [0.15, 0.2) is 5.96 Å². The van der Waals surface area contributed by atoms with Gasteiger partial charge in [0, 0.05) is 19.6 Å². The second-order valence-corrected chi connectivity index (χ2v) is 4.12. The summed E-state index contributed by atoms with van der Waals surface area (Å²) in [6, 6.07) is 3.82. The molecule has 0 amide bonds. The summed E-state index contributed by atoms with van der Waals surface area (Å²) in [6.45, 7) is 2.24. The van der Waals surface area contributed by atoms with E-state index in [1.54, 1.807) is 6.26 Å². The van der Waals surface area contributed by atoms with Crippen LogP contribution in [0.2, 0.25) is 0 Å². The maximum absolute atomic E-state index is 5.74. The monoisotopic (exact) mass is 237 g/mol. The number of hydrogen-bond donors (Lipinski definition) is 2. The molecule has 0 radical (unpaired) electrons. The highest BCUT2D eigenvalue weighted by atomic mass is 16.5. The van der Waals surface area contributed by atoms with Gasteiger partial charge in [-0.1, -0.05) is 0 Å². The molecule has 5 heteroatoms. The van der Waals surface area contributed by atoms with Crippen LogP contribution in [0.3, 0.4) is 0 Å². The predicted molar refractivity (Wildman–Crippen MR) is 65.9 cm³/mol. The Labute approximate surface area is 101 Å². The molecule has 1 unspecified atom stereocenters. The van der Waals surface area contributed by atoms with Crippen molar-refractivity contribution in [3.05, 3.63) is 24.2 Å². The molecule has 0 aromatic carbocycles. The van der Waals surface area contributed by atoms with Gasteiger partial charge in [0.2, 0.25) is 0 Å². The average Bonchev–Trinajstić information content (AvgIpc) is 2.99. The maximum Gasteiger partial charge on any atom is 0.188 e. The van der Waals surface area contributed by atoms with Crippen molar-refractivity contribution in [2.45, 2.75) is 25.4 Å². The molecule has 2 rings (SSSR count). The van der Waals surface area contributed by atoms with Crippen LogP contribution in [0.25, 0.3) is 0 Å². The van der Waals surface area contributed by atoms with Crippen LogP contribution in [-0.2, 0) is 11.2 Å². The predicted octanol–water partition coefficient (Wildman–Crippen LogP) is 0.905. The fraction of sp³-hybridized carbons (Fsp3) is 0.583. The molecule has 0 saturated carbocycles. The number of hydrogen-bond acceptors (Lipinski definition) is 3. The zero-order valence-corrected chi connectivity index (χ0v) is 9.89. The first-order valence-electron chi connectivity index (χ1n) is 6.02. The lowest BCUT2D eigenvalue weighted by atomic mass is 10.2. The summed E-state index contributed by atoms with van der Waals surface area (Å²) in [5.74, 6) is 1.43. The van der Waals surface area contributed by atoms with E-state index in [9.17, 15) is 0 Å². The Morgan fingerprint density at radius 3 is 3.24 bits per heavy atom. The molecule has 1 saturated heterocycles. The van der Waals surface area contributed by atoms with Gasteiger partial charge in [-0.2, -0.15) is 0 Å². The zero-order chi connectivity index (χ0) is 11.9. The molecule has 1 aliphatic rings. The van der Waals surface area contributed by atoms with Gasteiger partial charge in [-0.15, -0.1) is 0 Å². The summed E-state index contributed by atoms with van der Waals surface area (Å²) >= 11 is 0. The van der Waals surface area contributed by atoms with E-state index in [-0.39, 0.29) is 6.10 Å². The van der Waals surface area contributed by atoms with Crippen molar-refractivity contribution in [2.75, 3.05) is 19.7 Å². The molecule has 17 heavy (non-hydrogen) atoms. The Bertz CT molecular complexity index is 343. The molecule has 5 nitrogen and oxygen atoms in total. The van der Waals surface area contributed by atoms with Crippen molar-refractivity contribution in [1.29, 1.82) is 0 Å². The number of nitrogens with one attached hydrogen (secondary N) is 1. The molecule has 1 atom stereocenters. The van der Waals surface area contributed by atoms with Crippen LogP contribution in [-0.4, -0.2) is 31.8 Å². The number of furan rings is 1. The third-order valence-electron chi connectivity index (χ3n) is 2.75. The highest BCUT2D eigenvalue weighted by Crippen LogP contribution is 2.11. The first-order chi connectivity index (χ1) is 8.34. The van der Waals surface area contributed by atoms with Gasteiger partial charge in [0.25, 0.3) is 0 Å². The second-order valence-electron chi connectivity index (χ2n) is 4.12. The number of nitrogens with zero attached hydrogens (tertiary/aromatic N) is 1. The SMILES string of the molecule is NC(=NCC1CCCO1)NCCc1ccco1. The second kappa shape index (κ2) is 6.30. The fourth-order valence-electron chi connectivity index (χ4n) is 1.81. The van der Waals surface area contributed by atoms with Gasteiger partial charge < -0.3 is 20.2 Å². The average molecular weight is 237 g/mol. The lowest BCUT2D eigenvalue weighted by Gasteiger charge is -2.07. The summed E-state index contributed by atoms with van der Waals surface area (Å²) in [4.78, 5) is 4.25. The van der Waals surface area contributed by atoms with Crippen molar-refractivity contribution >= 4 is 5.96 Å². The summed E-state index contributed by atoms with van der Waals surface area (Å²) in [7, 11) is 0. The highest BCUT2D eigenvalue weighted by Gasteiger charge is 2.14. The Morgan fingerprint density at radius 1 is 1.59 bits per heavy atom. The van der Waals surface area contributed by atoms with Crippen LogP contribution in [0.4, 0.5) is 0 Å². The van der Waals surface area contributed by atoms with Crippen LogP contribution in [0, 0.1) is 0 Å². The highest BCUT2D eigenvalue weighted by molar-refractivity contribution is 5.77. The smallest absolute Gasteiger partial charge is 0.188 e. The molecule has 3 N–H and O–H groups in total. The minimum absolute atomic E-state index is 0.250. The number of rotatable bonds is 5. The number of nitrogens with two attached hydrogens (primary N) is 1.